The van der Waals surface area contributed by atoms with Crippen LogP contribution in [0.4, 0.5) is 0 Å². The van der Waals surface area contributed by atoms with Crippen LogP contribution in [0, 0.1) is 23.7 Å². The molecule has 4 unspecified atom stereocenters. The maximum atomic E-state index is 11.3. The molecule has 0 heterocycles. The van der Waals surface area contributed by atoms with Crippen LogP contribution in [0.15, 0.2) is 12.2 Å². The Hall–Kier alpha value is -0.790. The summed E-state index contributed by atoms with van der Waals surface area (Å²) in [4.78, 5) is 11.3. The van der Waals surface area contributed by atoms with E-state index < -0.39 is 5.97 Å². The van der Waals surface area contributed by atoms with Crippen molar-refractivity contribution >= 4 is 5.97 Å². The number of aliphatic carboxylic acids is 1. The quantitative estimate of drug-likeness (QED) is 0.561. The molecular weight excluding hydrogens is 212 g/mol. The van der Waals surface area contributed by atoms with Gasteiger partial charge in [0, 0.05) is 0 Å². The van der Waals surface area contributed by atoms with E-state index in [9.17, 15) is 9.90 Å². The molecule has 0 aromatic carbocycles. The van der Waals surface area contributed by atoms with Crippen LogP contribution in [0.1, 0.15) is 51.9 Å². The summed E-state index contributed by atoms with van der Waals surface area (Å²) in [5.41, 5.74) is 0. The Labute approximate surface area is 104 Å². The average Bonchev–Trinajstić information content (AvgIpc) is 2.88. The summed E-state index contributed by atoms with van der Waals surface area (Å²) in [6.07, 6.45) is 12.9. The first-order valence-corrected chi connectivity index (χ1v) is 7.13. The van der Waals surface area contributed by atoms with Crippen LogP contribution in [0.3, 0.4) is 0 Å². The fraction of sp³-hybridized carbons (Fsp3) is 0.800. The molecule has 2 aliphatic carbocycles. The highest BCUT2D eigenvalue weighted by atomic mass is 16.4. The lowest BCUT2D eigenvalue weighted by molar-refractivity contribution is -0.144. The number of carbonyl (C=O) groups is 1. The van der Waals surface area contributed by atoms with Crippen LogP contribution in [0.25, 0.3) is 0 Å². The van der Waals surface area contributed by atoms with Gasteiger partial charge in [-0.2, -0.15) is 0 Å². The standard InChI is InChI=1S/C15H24O2/c1-2-3-4-5-6-7-13-11-8-9-12(10-11)14(13)15(16)17/h6-7,11-14H,2-5,8-10H2,1H3,(H,16,17). The summed E-state index contributed by atoms with van der Waals surface area (Å²) >= 11 is 0. The summed E-state index contributed by atoms with van der Waals surface area (Å²) in [6, 6.07) is 0. The zero-order valence-corrected chi connectivity index (χ0v) is 10.8. The zero-order chi connectivity index (χ0) is 12.3. The molecule has 0 saturated heterocycles. The molecule has 0 amide bonds. The van der Waals surface area contributed by atoms with Gasteiger partial charge in [-0.25, -0.2) is 0 Å². The van der Waals surface area contributed by atoms with Gasteiger partial charge in [-0.15, -0.1) is 0 Å². The number of carboxylic acid groups (broad SMARTS) is 1. The van der Waals surface area contributed by atoms with Crippen molar-refractivity contribution < 1.29 is 9.90 Å². The topological polar surface area (TPSA) is 37.3 Å². The molecule has 0 aromatic rings. The SMILES string of the molecule is CCCCCC=CC1C2CCC(C2)C1C(=O)O. The van der Waals surface area contributed by atoms with E-state index in [2.05, 4.69) is 19.1 Å². The third-order valence-electron chi connectivity index (χ3n) is 4.60. The third kappa shape index (κ3) is 2.72. The van der Waals surface area contributed by atoms with E-state index in [1.165, 1.54) is 25.7 Å². The number of hydrogen-bond acceptors (Lipinski definition) is 1. The maximum Gasteiger partial charge on any atom is 0.307 e. The van der Waals surface area contributed by atoms with Gasteiger partial charge in [-0.1, -0.05) is 31.9 Å². The smallest absolute Gasteiger partial charge is 0.307 e. The third-order valence-corrected chi connectivity index (χ3v) is 4.60. The van der Waals surface area contributed by atoms with Gasteiger partial charge in [-0.05, 0) is 49.9 Å². The number of unbranched alkanes of at least 4 members (excludes halogenated alkanes) is 3. The lowest BCUT2D eigenvalue weighted by Gasteiger charge is -2.25. The minimum atomic E-state index is -0.569. The second kappa shape index (κ2) is 5.70. The lowest BCUT2D eigenvalue weighted by Crippen LogP contribution is -2.28. The predicted molar refractivity (Wildman–Crippen MR) is 68.7 cm³/mol. The van der Waals surface area contributed by atoms with Crippen LogP contribution in [-0.2, 0) is 4.79 Å². The highest BCUT2D eigenvalue weighted by molar-refractivity contribution is 5.72. The average molecular weight is 236 g/mol. The summed E-state index contributed by atoms with van der Waals surface area (Å²) in [6.45, 7) is 2.21. The normalized spacial score (nSPS) is 35.8. The minimum Gasteiger partial charge on any atom is -0.481 e. The monoisotopic (exact) mass is 236 g/mol. The van der Waals surface area contributed by atoms with Crippen LogP contribution in [0.2, 0.25) is 0 Å². The van der Waals surface area contributed by atoms with E-state index in [1.807, 2.05) is 0 Å². The van der Waals surface area contributed by atoms with Gasteiger partial charge >= 0.3 is 5.97 Å². The molecule has 2 fully saturated rings. The first kappa shape index (κ1) is 12.7. The van der Waals surface area contributed by atoms with Crippen molar-refractivity contribution in [1.82, 2.24) is 0 Å². The van der Waals surface area contributed by atoms with Gasteiger partial charge in [0.05, 0.1) is 5.92 Å². The van der Waals surface area contributed by atoms with Gasteiger partial charge in [0.25, 0.3) is 0 Å². The van der Waals surface area contributed by atoms with Crippen molar-refractivity contribution in [2.75, 3.05) is 0 Å². The summed E-state index contributed by atoms with van der Waals surface area (Å²) in [5.74, 6) is 0.788. The van der Waals surface area contributed by atoms with Gasteiger partial charge in [0.1, 0.15) is 0 Å². The molecule has 0 aromatic heterocycles. The van der Waals surface area contributed by atoms with E-state index in [0.717, 1.165) is 19.3 Å². The predicted octanol–water partition coefficient (Wildman–Crippen LogP) is 3.87. The van der Waals surface area contributed by atoms with Crippen molar-refractivity contribution in [2.24, 2.45) is 23.7 Å². The van der Waals surface area contributed by atoms with Crippen molar-refractivity contribution in [3.63, 3.8) is 0 Å². The Bertz CT molecular complexity index is 295. The second-order valence-corrected chi connectivity index (χ2v) is 5.70. The molecule has 0 aliphatic heterocycles. The highest BCUT2D eigenvalue weighted by Crippen LogP contribution is 2.52. The highest BCUT2D eigenvalue weighted by Gasteiger charge is 2.49. The Morgan fingerprint density at radius 3 is 2.76 bits per heavy atom. The molecule has 0 radical (unpaired) electrons. The van der Waals surface area contributed by atoms with Gasteiger partial charge < -0.3 is 5.11 Å². The van der Waals surface area contributed by atoms with Crippen molar-refractivity contribution in [2.45, 2.75) is 51.9 Å². The van der Waals surface area contributed by atoms with Crippen LogP contribution in [-0.4, -0.2) is 11.1 Å². The molecule has 4 atom stereocenters. The first-order chi connectivity index (χ1) is 8.24. The zero-order valence-electron chi connectivity index (χ0n) is 10.8. The number of fused-ring (bicyclic) bond motifs is 2. The van der Waals surface area contributed by atoms with Crippen LogP contribution < -0.4 is 0 Å². The minimum absolute atomic E-state index is 0.0869. The number of hydrogen-bond donors (Lipinski definition) is 1. The molecular formula is C15H24O2. The van der Waals surface area contributed by atoms with E-state index in [4.69, 9.17) is 0 Å². The maximum absolute atomic E-state index is 11.3. The molecule has 17 heavy (non-hydrogen) atoms. The molecule has 1 N–H and O–H groups in total. The Morgan fingerprint density at radius 2 is 2.06 bits per heavy atom. The molecule has 2 rings (SSSR count). The molecule has 2 nitrogen and oxygen atoms in total. The molecule has 2 aliphatic rings. The number of carboxylic acids is 1. The Morgan fingerprint density at radius 1 is 1.29 bits per heavy atom. The van der Waals surface area contributed by atoms with Crippen molar-refractivity contribution in [1.29, 1.82) is 0 Å². The van der Waals surface area contributed by atoms with Gasteiger partial charge in [0.2, 0.25) is 0 Å². The van der Waals surface area contributed by atoms with Crippen LogP contribution >= 0.6 is 0 Å². The summed E-state index contributed by atoms with van der Waals surface area (Å²) in [7, 11) is 0. The largest absolute Gasteiger partial charge is 0.481 e. The second-order valence-electron chi connectivity index (χ2n) is 5.70. The van der Waals surface area contributed by atoms with Gasteiger partial charge in [0.15, 0.2) is 0 Å². The first-order valence-electron chi connectivity index (χ1n) is 7.13. The molecule has 96 valence electrons. The van der Waals surface area contributed by atoms with E-state index in [0.29, 0.717) is 17.8 Å². The molecule has 0 spiro atoms. The van der Waals surface area contributed by atoms with E-state index in [-0.39, 0.29) is 5.92 Å². The van der Waals surface area contributed by atoms with Gasteiger partial charge in [-0.3, -0.25) is 4.79 Å². The summed E-state index contributed by atoms with van der Waals surface area (Å²) in [5, 5.41) is 9.31. The summed E-state index contributed by atoms with van der Waals surface area (Å²) < 4.78 is 0. The van der Waals surface area contributed by atoms with Crippen molar-refractivity contribution in [3.8, 4) is 0 Å². The molecule has 2 heteroatoms. The fourth-order valence-electron chi connectivity index (χ4n) is 3.74. The van der Waals surface area contributed by atoms with E-state index >= 15 is 0 Å². The fourth-order valence-corrected chi connectivity index (χ4v) is 3.74. The Balaban J connectivity index is 1.88. The van der Waals surface area contributed by atoms with E-state index in [1.54, 1.807) is 0 Å². The lowest BCUT2D eigenvalue weighted by atomic mass is 9.79. The number of rotatable bonds is 6. The van der Waals surface area contributed by atoms with Crippen LogP contribution in [0.5, 0.6) is 0 Å². The van der Waals surface area contributed by atoms with Crippen molar-refractivity contribution in [3.05, 3.63) is 12.2 Å². The Kier molecular flexibility index (Phi) is 4.25. The number of allylic oxidation sites excluding steroid dienone is 2. The molecule has 2 bridgehead atoms. The molecule has 2 saturated carbocycles.